The number of nitrogens with one attached hydrogen (secondary N) is 1. The first-order chi connectivity index (χ1) is 9.05. The van der Waals surface area contributed by atoms with E-state index in [9.17, 15) is 14.7 Å². The smallest absolute Gasteiger partial charge is 0.329 e. The van der Waals surface area contributed by atoms with E-state index in [1.807, 2.05) is 0 Å². The Bertz CT molecular complexity index is 477. The minimum atomic E-state index is -1.25. The summed E-state index contributed by atoms with van der Waals surface area (Å²) in [7, 11) is 0. The largest absolute Gasteiger partial charge is 0.480 e. The van der Waals surface area contributed by atoms with Crippen molar-refractivity contribution in [1.29, 1.82) is 0 Å². The van der Waals surface area contributed by atoms with Gasteiger partial charge in [-0.05, 0) is 23.2 Å². The van der Waals surface area contributed by atoms with Gasteiger partial charge in [0, 0.05) is 0 Å². The minimum absolute atomic E-state index is 0.147. The van der Waals surface area contributed by atoms with Gasteiger partial charge in [-0.25, -0.2) is 9.42 Å². The third-order valence-electron chi connectivity index (χ3n) is 3.45. The first-order valence-electron chi connectivity index (χ1n) is 6.19. The summed E-state index contributed by atoms with van der Waals surface area (Å²) >= 11 is 0. The van der Waals surface area contributed by atoms with E-state index in [0.29, 0.717) is 12.8 Å². The molecule has 1 aliphatic carbocycles. The molecule has 19 heavy (non-hydrogen) atoms. The zero-order valence-corrected chi connectivity index (χ0v) is 10.4. The molecule has 0 aliphatic heterocycles. The van der Waals surface area contributed by atoms with Gasteiger partial charge >= 0.3 is 5.97 Å². The number of amides is 1. The van der Waals surface area contributed by atoms with Gasteiger partial charge in [0.25, 0.3) is 5.91 Å². The summed E-state index contributed by atoms with van der Waals surface area (Å²) in [6.45, 7) is 0. The second-order valence-electron chi connectivity index (χ2n) is 4.75. The highest BCUT2D eigenvalue weighted by Crippen LogP contribution is 2.28. The number of carboxylic acid groups (broad SMARTS) is 1. The molecule has 4 N–H and O–H groups in total. The van der Waals surface area contributed by atoms with Crippen LogP contribution in [0.2, 0.25) is 0 Å². The summed E-state index contributed by atoms with van der Waals surface area (Å²) in [6, 6.07) is 0. The number of aliphatic carboxylic acids is 1. The summed E-state index contributed by atoms with van der Waals surface area (Å²) in [5.74, 6) is -1.84. The van der Waals surface area contributed by atoms with Crippen molar-refractivity contribution in [2.75, 3.05) is 5.73 Å². The number of hydrogen-bond acceptors (Lipinski definition) is 6. The van der Waals surface area contributed by atoms with E-state index in [1.165, 1.54) is 0 Å². The fourth-order valence-electron chi connectivity index (χ4n) is 2.35. The van der Waals surface area contributed by atoms with Crippen LogP contribution < -0.4 is 11.1 Å². The lowest BCUT2D eigenvalue weighted by atomic mass is 9.90. The molecule has 0 spiro atoms. The van der Waals surface area contributed by atoms with Crippen LogP contribution in [-0.4, -0.2) is 32.8 Å². The summed E-state index contributed by atoms with van der Waals surface area (Å²) in [6.07, 6.45) is 4.27. The third-order valence-corrected chi connectivity index (χ3v) is 3.45. The van der Waals surface area contributed by atoms with Gasteiger partial charge < -0.3 is 16.2 Å². The van der Waals surface area contributed by atoms with E-state index in [2.05, 4.69) is 20.3 Å². The maximum absolute atomic E-state index is 12.0. The van der Waals surface area contributed by atoms with Crippen LogP contribution in [-0.2, 0) is 4.79 Å². The number of carbonyl (C=O) groups excluding carboxylic acids is 1. The highest BCUT2D eigenvalue weighted by molar-refractivity contribution is 5.99. The number of carbonyl (C=O) groups is 2. The fraction of sp³-hybridized carbons (Fsp3) is 0.636. The average Bonchev–Trinajstić information content (AvgIpc) is 2.64. The normalized spacial score (nSPS) is 18.5. The van der Waals surface area contributed by atoms with Gasteiger partial charge in [0.15, 0.2) is 0 Å². The predicted molar refractivity (Wildman–Crippen MR) is 64.2 cm³/mol. The summed E-state index contributed by atoms with van der Waals surface area (Å²) in [4.78, 5) is 23.5. The molecule has 0 radical (unpaired) electrons. The number of nitrogens with two attached hydrogens (primary N) is 1. The van der Waals surface area contributed by atoms with Gasteiger partial charge in [-0.3, -0.25) is 4.79 Å². The van der Waals surface area contributed by atoms with Crippen molar-refractivity contribution in [3.05, 3.63) is 5.69 Å². The number of nitrogen functional groups attached to an aromatic ring is 1. The molecule has 1 amide bonds. The van der Waals surface area contributed by atoms with Crippen molar-refractivity contribution in [3.8, 4) is 0 Å². The predicted octanol–water partition coefficient (Wildman–Crippen LogP) is 0.559. The summed E-state index contributed by atoms with van der Waals surface area (Å²) < 4.78 is 4.34. The van der Waals surface area contributed by atoms with E-state index >= 15 is 0 Å². The molecular weight excluding hydrogens is 252 g/mol. The molecule has 1 heterocycles. The monoisotopic (exact) mass is 268 g/mol. The molecule has 1 aromatic heterocycles. The van der Waals surface area contributed by atoms with Crippen molar-refractivity contribution >= 4 is 17.7 Å². The second-order valence-corrected chi connectivity index (χ2v) is 4.75. The van der Waals surface area contributed by atoms with Gasteiger partial charge in [0.1, 0.15) is 5.54 Å². The van der Waals surface area contributed by atoms with Gasteiger partial charge in [0.05, 0.1) is 0 Å². The van der Waals surface area contributed by atoms with Crippen LogP contribution >= 0.6 is 0 Å². The Morgan fingerprint density at radius 3 is 2.32 bits per heavy atom. The number of carboxylic acids is 1. The number of hydrogen-bond donors (Lipinski definition) is 3. The molecule has 1 fully saturated rings. The molecule has 0 atom stereocenters. The van der Waals surface area contributed by atoms with Crippen molar-refractivity contribution < 1.29 is 19.3 Å². The quantitative estimate of drug-likeness (QED) is 0.682. The summed E-state index contributed by atoms with van der Waals surface area (Å²) in [5.41, 5.74) is 3.99. The molecule has 0 saturated heterocycles. The van der Waals surface area contributed by atoms with Gasteiger partial charge in [0.2, 0.25) is 11.5 Å². The highest BCUT2D eigenvalue weighted by Gasteiger charge is 2.41. The Morgan fingerprint density at radius 1 is 1.21 bits per heavy atom. The maximum atomic E-state index is 12.0. The molecular formula is C11H16N4O4. The molecule has 0 bridgehead atoms. The standard InChI is InChI=1S/C11H16N4O4/c12-8-7(14-19-15-8)9(16)13-11(10(17)18)5-3-1-2-4-6-11/h1-6H2,(H2,12,15)(H,13,16)(H,17,18). The average molecular weight is 268 g/mol. The Labute approximate surface area is 109 Å². The van der Waals surface area contributed by atoms with Crippen molar-refractivity contribution in [3.63, 3.8) is 0 Å². The fourth-order valence-corrected chi connectivity index (χ4v) is 2.35. The summed E-state index contributed by atoms with van der Waals surface area (Å²) in [5, 5.41) is 18.6. The number of nitrogens with zero attached hydrogens (tertiary/aromatic N) is 2. The van der Waals surface area contributed by atoms with Crippen LogP contribution in [0.3, 0.4) is 0 Å². The Morgan fingerprint density at radius 2 is 1.84 bits per heavy atom. The molecule has 1 saturated carbocycles. The number of rotatable bonds is 3. The SMILES string of the molecule is Nc1nonc1C(=O)NC1(C(=O)O)CCCCCC1. The van der Waals surface area contributed by atoms with Crippen LogP contribution in [0.15, 0.2) is 4.63 Å². The molecule has 8 nitrogen and oxygen atoms in total. The van der Waals surface area contributed by atoms with Crippen LogP contribution in [0.5, 0.6) is 0 Å². The Balaban J connectivity index is 2.19. The van der Waals surface area contributed by atoms with Crippen molar-refractivity contribution in [2.45, 2.75) is 44.1 Å². The first-order valence-corrected chi connectivity index (χ1v) is 6.19. The number of anilines is 1. The molecule has 8 heteroatoms. The Kier molecular flexibility index (Phi) is 3.68. The zero-order valence-electron chi connectivity index (χ0n) is 10.4. The van der Waals surface area contributed by atoms with Crippen molar-refractivity contribution in [1.82, 2.24) is 15.6 Å². The Hall–Kier alpha value is -2.12. The van der Waals surface area contributed by atoms with Gasteiger partial charge in [-0.2, -0.15) is 0 Å². The molecule has 0 aromatic carbocycles. The van der Waals surface area contributed by atoms with Crippen LogP contribution in [0, 0.1) is 0 Å². The lowest BCUT2D eigenvalue weighted by Gasteiger charge is -2.28. The maximum Gasteiger partial charge on any atom is 0.329 e. The molecule has 1 aromatic rings. The lowest BCUT2D eigenvalue weighted by Crippen LogP contribution is -2.54. The second kappa shape index (κ2) is 5.25. The minimum Gasteiger partial charge on any atom is -0.480 e. The van der Waals surface area contributed by atoms with Gasteiger partial charge in [-0.15, -0.1) is 0 Å². The highest BCUT2D eigenvalue weighted by atomic mass is 16.6. The molecule has 1 aliphatic rings. The zero-order chi connectivity index (χ0) is 13.9. The van der Waals surface area contributed by atoms with E-state index in [4.69, 9.17) is 5.73 Å². The van der Waals surface area contributed by atoms with E-state index < -0.39 is 17.4 Å². The van der Waals surface area contributed by atoms with Crippen LogP contribution in [0.25, 0.3) is 0 Å². The van der Waals surface area contributed by atoms with Gasteiger partial charge in [-0.1, -0.05) is 25.7 Å². The molecule has 0 unspecified atom stereocenters. The van der Waals surface area contributed by atoms with E-state index in [0.717, 1.165) is 25.7 Å². The van der Waals surface area contributed by atoms with Crippen LogP contribution in [0.1, 0.15) is 49.0 Å². The first kappa shape index (κ1) is 13.3. The molecule has 2 rings (SSSR count). The number of aromatic nitrogens is 2. The topological polar surface area (TPSA) is 131 Å². The van der Waals surface area contributed by atoms with E-state index in [1.54, 1.807) is 0 Å². The third kappa shape index (κ3) is 2.67. The lowest BCUT2D eigenvalue weighted by molar-refractivity contribution is -0.145. The molecule has 104 valence electrons. The van der Waals surface area contributed by atoms with E-state index in [-0.39, 0.29) is 11.5 Å². The van der Waals surface area contributed by atoms with Crippen molar-refractivity contribution in [2.24, 2.45) is 0 Å². The van der Waals surface area contributed by atoms with Crippen LogP contribution in [0.4, 0.5) is 5.82 Å².